The summed E-state index contributed by atoms with van der Waals surface area (Å²) in [5.41, 5.74) is 5.09. The van der Waals surface area contributed by atoms with Crippen molar-refractivity contribution in [3.05, 3.63) is 23.5 Å². The molecule has 1 aromatic heterocycles. The Morgan fingerprint density at radius 1 is 1.06 bits per heavy atom. The van der Waals surface area contributed by atoms with Gasteiger partial charge in [0.25, 0.3) is 0 Å². The smallest absolute Gasteiger partial charge is 0.233 e. The van der Waals surface area contributed by atoms with E-state index in [0.717, 1.165) is 56.0 Å². The van der Waals surface area contributed by atoms with Crippen molar-refractivity contribution in [2.75, 3.05) is 25.0 Å². The van der Waals surface area contributed by atoms with E-state index in [2.05, 4.69) is 54.3 Å². The molecule has 2 fully saturated rings. The Morgan fingerprint density at radius 2 is 1.84 bits per heavy atom. The molecule has 2 aromatic rings. The topological polar surface area (TPSA) is 41.4 Å². The fraction of sp³-hybridized carbons (Fsp3) is 0.704. The molecule has 5 rings (SSSR count). The molecule has 1 aromatic carbocycles. The van der Waals surface area contributed by atoms with Crippen LogP contribution in [-0.4, -0.2) is 46.5 Å². The van der Waals surface area contributed by atoms with Gasteiger partial charge in [0.2, 0.25) is 5.91 Å². The van der Waals surface area contributed by atoms with Crippen LogP contribution in [0.2, 0.25) is 0 Å². The number of aromatic nitrogens is 2. The molecule has 4 atom stereocenters. The van der Waals surface area contributed by atoms with E-state index in [1.165, 1.54) is 48.9 Å². The largest absolute Gasteiger partial charge is 0.372 e. The summed E-state index contributed by atoms with van der Waals surface area (Å²) in [6, 6.07) is 5.60. The molecule has 0 N–H and O–H groups in total. The maximum Gasteiger partial charge on any atom is 0.233 e. The lowest BCUT2D eigenvalue weighted by atomic mass is 9.86. The summed E-state index contributed by atoms with van der Waals surface area (Å²) >= 11 is 0. The SMILES string of the molecule is CC1CCCC(n2c(C(C)C(=O)N3CCCCC3)nc3c4c(ccc32)N(C)C(C)CC4)C1. The quantitative estimate of drug-likeness (QED) is 0.622. The summed E-state index contributed by atoms with van der Waals surface area (Å²) < 4.78 is 2.50. The van der Waals surface area contributed by atoms with Crippen LogP contribution >= 0.6 is 0 Å². The van der Waals surface area contributed by atoms with Crippen molar-refractivity contribution >= 4 is 22.6 Å². The number of aryl methyl sites for hydroxylation is 1. The monoisotopic (exact) mass is 436 g/mol. The van der Waals surface area contributed by atoms with Crippen LogP contribution in [0, 0.1) is 5.92 Å². The molecule has 0 radical (unpaired) electrons. The number of benzene rings is 1. The third kappa shape index (κ3) is 3.72. The molecule has 0 bridgehead atoms. The number of likely N-dealkylation sites (tertiary alicyclic amines) is 1. The highest BCUT2D eigenvalue weighted by Gasteiger charge is 2.33. The number of carbonyl (C=O) groups is 1. The lowest BCUT2D eigenvalue weighted by Gasteiger charge is -2.34. The van der Waals surface area contributed by atoms with Crippen molar-refractivity contribution in [2.45, 2.75) is 96.6 Å². The molecule has 1 aliphatic carbocycles. The van der Waals surface area contributed by atoms with Gasteiger partial charge in [-0.3, -0.25) is 4.79 Å². The van der Waals surface area contributed by atoms with Crippen LogP contribution in [0.4, 0.5) is 5.69 Å². The number of rotatable bonds is 3. The zero-order valence-corrected chi connectivity index (χ0v) is 20.4. The van der Waals surface area contributed by atoms with Gasteiger partial charge in [-0.2, -0.15) is 0 Å². The van der Waals surface area contributed by atoms with Gasteiger partial charge in [0, 0.05) is 43.5 Å². The maximum atomic E-state index is 13.5. The summed E-state index contributed by atoms with van der Waals surface area (Å²) in [6.07, 6.45) is 10.7. The number of hydrogen-bond donors (Lipinski definition) is 0. The molecule has 3 aliphatic rings. The number of anilines is 1. The number of hydrogen-bond acceptors (Lipinski definition) is 3. The minimum absolute atomic E-state index is 0.186. The molecule has 2 aliphatic heterocycles. The third-order valence-electron chi connectivity index (χ3n) is 8.52. The Labute approximate surface area is 193 Å². The van der Waals surface area contributed by atoms with Crippen LogP contribution in [0.15, 0.2) is 12.1 Å². The van der Waals surface area contributed by atoms with Crippen LogP contribution in [0.1, 0.15) is 95.5 Å². The number of carbonyl (C=O) groups excluding carboxylic acids is 1. The van der Waals surface area contributed by atoms with Crippen LogP contribution in [0.5, 0.6) is 0 Å². The zero-order valence-electron chi connectivity index (χ0n) is 20.4. The molecule has 174 valence electrons. The van der Waals surface area contributed by atoms with E-state index in [1.54, 1.807) is 0 Å². The average molecular weight is 437 g/mol. The predicted octanol–water partition coefficient (Wildman–Crippen LogP) is 5.67. The Hall–Kier alpha value is -2.04. The number of nitrogens with zero attached hydrogens (tertiary/aromatic N) is 4. The molecular formula is C27H40N4O. The van der Waals surface area contributed by atoms with Crippen LogP contribution in [0.3, 0.4) is 0 Å². The van der Waals surface area contributed by atoms with E-state index in [4.69, 9.17) is 4.98 Å². The van der Waals surface area contributed by atoms with Gasteiger partial charge in [-0.05, 0) is 76.8 Å². The van der Waals surface area contributed by atoms with Crippen LogP contribution in [0.25, 0.3) is 11.0 Å². The van der Waals surface area contributed by atoms with Crippen molar-refractivity contribution < 1.29 is 4.79 Å². The van der Waals surface area contributed by atoms with Gasteiger partial charge in [-0.1, -0.05) is 19.8 Å². The molecule has 0 spiro atoms. The van der Waals surface area contributed by atoms with Gasteiger partial charge in [0.15, 0.2) is 0 Å². The first kappa shape index (κ1) is 21.8. The van der Waals surface area contributed by atoms with Gasteiger partial charge in [-0.25, -0.2) is 4.98 Å². The standard InChI is InChI=1S/C27H40N4O/c1-18-9-8-10-21(17-18)31-24-14-13-23-22(12-11-19(2)29(23)4)25(24)28-26(31)20(3)27(32)30-15-6-5-7-16-30/h13-14,18-21H,5-12,15-17H2,1-4H3. The highest BCUT2D eigenvalue weighted by Crippen LogP contribution is 2.41. The second-order valence-corrected chi connectivity index (χ2v) is 10.8. The molecule has 4 unspecified atom stereocenters. The van der Waals surface area contributed by atoms with E-state index in [1.807, 2.05) is 0 Å². The summed E-state index contributed by atoms with van der Waals surface area (Å²) in [5.74, 6) is 1.82. The van der Waals surface area contributed by atoms with Crippen LogP contribution in [-0.2, 0) is 11.2 Å². The van der Waals surface area contributed by atoms with E-state index in [9.17, 15) is 4.79 Å². The van der Waals surface area contributed by atoms with Gasteiger partial charge in [0.05, 0.1) is 17.0 Å². The second kappa shape index (κ2) is 8.72. The number of piperidine rings is 1. The number of amides is 1. The fourth-order valence-electron chi connectivity index (χ4n) is 6.41. The van der Waals surface area contributed by atoms with Crippen molar-refractivity contribution in [1.82, 2.24) is 14.5 Å². The third-order valence-corrected chi connectivity index (χ3v) is 8.52. The first-order valence-corrected chi connectivity index (χ1v) is 13.0. The molecule has 1 saturated carbocycles. The van der Waals surface area contributed by atoms with Crippen LogP contribution < -0.4 is 4.90 Å². The van der Waals surface area contributed by atoms with Crippen molar-refractivity contribution in [3.63, 3.8) is 0 Å². The average Bonchev–Trinajstić information content (AvgIpc) is 3.21. The van der Waals surface area contributed by atoms with Crippen molar-refractivity contribution in [2.24, 2.45) is 5.92 Å². The minimum Gasteiger partial charge on any atom is -0.372 e. The van der Waals surface area contributed by atoms with E-state index >= 15 is 0 Å². The van der Waals surface area contributed by atoms with E-state index < -0.39 is 0 Å². The molecule has 3 heterocycles. The normalized spacial score (nSPS) is 27.4. The lowest BCUT2D eigenvalue weighted by molar-refractivity contribution is -0.133. The fourth-order valence-corrected chi connectivity index (χ4v) is 6.41. The number of fused-ring (bicyclic) bond motifs is 3. The highest BCUT2D eigenvalue weighted by atomic mass is 16.2. The maximum absolute atomic E-state index is 13.5. The summed E-state index contributed by atoms with van der Waals surface area (Å²) in [6.45, 7) is 8.59. The first-order valence-electron chi connectivity index (χ1n) is 13.0. The number of imidazole rings is 1. The minimum atomic E-state index is -0.186. The molecule has 32 heavy (non-hydrogen) atoms. The lowest BCUT2D eigenvalue weighted by Crippen LogP contribution is -2.39. The Balaban J connectivity index is 1.61. The van der Waals surface area contributed by atoms with Gasteiger partial charge in [0.1, 0.15) is 5.82 Å². The molecule has 1 saturated heterocycles. The van der Waals surface area contributed by atoms with E-state index in [0.29, 0.717) is 12.1 Å². The van der Waals surface area contributed by atoms with Crippen molar-refractivity contribution in [3.8, 4) is 0 Å². The summed E-state index contributed by atoms with van der Waals surface area (Å²) in [4.78, 5) is 23.3. The molecular weight excluding hydrogens is 396 g/mol. The van der Waals surface area contributed by atoms with Crippen molar-refractivity contribution in [1.29, 1.82) is 0 Å². The predicted molar refractivity (Wildman–Crippen MR) is 131 cm³/mol. The Bertz CT molecular complexity index is 989. The summed E-state index contributed by atoms with van der Waals surface area (Å²) in [7, 11) is 2.21. The summed E-state index contributed by atoms with van der Waals surface area (Å²) in [5, 5.41) is 0. The zero-order chi connectivity index (χ0) is 22.4. The van der Waals surface area contributed by atoms with Gasteiger partial charge < -0.3 is 14.4 Å². The Kier molecular flexibility index (Phi) is 5.94. The highest BCUT2D eigenvalue weighted by molar-refractivity contribution is 5.89. The Morgan fingerprint density at radius 3 is 2.59 bits per heavy atom. The van der Waals surface area contributed by atoms with Gasteiger partial charge >= 0.3 is 0 Å². The second-order valence-electron chi connectivity index (χ2n) is 10.8. The first-order chi connectivity index (χ1) is 15.5. The molecule has 1 amide bonds. The molecule has 5 heteroatoms. The molecule has 5 nitrogen and oxygen atoms in total. The van der Waals surface area contributed by atoms with E-state index in [-0.39, 0.29) is 11.8 Å². The van der Waals surface area contributed by atoms with Gasteiger partial charge in [-0.15, -0.1) is 0 Å².